The molecule has 4 aromatic heterocycles. The van der Waals surface area contributed by atoms with E-state index in [0.29, 0.717) is 31.8 Å². The fourth-order valence-electron chi connectivity index (χ4n) is 5.95. The summed E-state index contributed by atoms with van der Waals surface area (Å²) in [5.74, 6) is -1.11. The van der Waals surface area contributed by atoms with E-state index in [0.717, 1.165) is 17.2 Å². The Morgan fingerprint density at radius 3 is 1.66 bits per heavy atom. The molecular weight excluding hydrogens is 830 g/mol. The van der Waals surface area contributed by atoms with Crippen LogP contribution in [0.4, 0.5) is 25.1 Å². The normalized spacial score (nSPS) is 12.6. The number of aromatic hydroxyl groups is 1. The van der Waals surface area contributed by atoms with Gasteiger partial charge in [0.15, 0.2) is 23.1 Å². The number of aryl methyl sites for hydroxylation is 4. The van der Waals surface area contributed by atoms with Gasteiger partial charge >= 0.3 is 0 Å². The number of ether oxygens (including phenoxy) is 1. The number of rotatable bonds is 10. The number of pyridine rings is 2. The molecule has 6 aromatic rings. The third kappa shape index (κ3) is 13.0. The summed E-state index contributed by atoms with van der Waals surface area (Å²) >= 11 is 0. The van der Waals surface area contributed by atoms with Crippen molar-refractivity contribution in [1.29, 1.82) is 10.5 Å². The van der Waals surface area contributed by atoms with E-state index in [-0.39, 0.29) is 75.3 Å². The number of halogens is 3. The Bertz CT molecular complexity index is 2910. The first-order valence-electron chi connectivity index (χ1n) is 22.0. The molecule has 16 nitrogen and oxygen atoms in total. The molecule has 0 radical (unpaired) electrons. The lowest BCUT2D eigenvalue weighted by atomic mass is 9.96. The van der Waals surface area contributed by atoms with Crippen molar-refractivity contribution in [3.63, 3.8) is 0 Å². The van der Waals surface area contributed by atoms with Crippen molar-refractivity contribution in [3.8, 4) is 23.6 Å². The van der Waals surface area contributed by atoms with Crippen LogP contribution in [0, 0.1) is 48.1 Å². The first kappa shape index (κ1) is 41.4. The Morgan fingerprint density at radius 1 is 0.781 bits per heavy atom. The van der Waals surface area contributed by atoms with E-state index < -0.39 is 37.6 Å². The number of hydrogen-bond acceptors (Lipinski definition) is 12. The zero-order chi connectivity index (χ0) is 51.7. The number of benzene rings is 2. The zero-order valence-electron chi connectivity index (χ0n) is 42.0. The lowest BCUT2D eigenvalue weighted by Crippen LogP contribution is -2.28. The number of nitriles is 2. The minimum absolute atomic E-state index is 0. The maximum atomic E-state index is 14.1. The lowest BCUT2D eigenvalue weighted by molar-refractivity contribution is 0.0773. The molecule has 0 bridgehead atoms. The zero-order valence-corrected chi connectivity index (χ0v) is 36.0. The molecule has 0 saturated heterocycles. The number of carbonyl (C=O) groups excluding carboxylic acids is 2. The van der Waals surface area contributed by atoms with Gasteiger partial charge < -0.3 is 31.1 Å². The largest absolute Gasteiger partial charge is 0.504 e. The minimum Gasteiger partial charge on any atom is -0.504 e. The maximum absolute atomic E-state index is 14.1. The average molecular weight is 887 g/mol. The first-order chi connectivity index (χ1) is 32.1. The Morgan fingerprint density at radius 2 is 1.23 bits per heavy atom. The first-order valence-corrected chi connectivity index (χ1v) is 19.0. The van der Waals surface area contributed by atoms with Gasteiger partial charge in [0.2, 0.25) is 0 Å². The quantitative estimate of drug-likeness (QED) is 0.129. The lowest BCUT2D eigenvalue weighted by Gasteiger charge is -2.22. The van der Waals surface area contributed by atoms with Crippen molar-refractivity contribution >= 4 is 23.5 Å². The van der Waals surface area contributed by atoms with E-state index in [1.54, 1.807) is 43.6 Å². The number of aromatic nitrogens is 6. The molecule has 0 fully saturated rings. The molecule has 0 aliphatic carbocycles. The third-order valence-electron chi connectivity index (χ3n) is 9.15. The molecular formula is C45H51F3N12O4. The Labute approximate surface area is 377 Å². The Balaban J connectivity index is 0.000000317. The van der Waals surface area contributed by atoms with Crippen LogP contribution in [0.25, 0.3) is 0 Å². The van der Waals surface area contributed by atoms with E-state index in [4.69, 9.17) is 34.8 Å². The molecule has 0 unspecified atom stereocenters. The van der Waals surface area contributed by atoms with Crippen molar-refractivity contribution < 1.29 is 41.1 Å². The highest BCUT2D eigenvalue weighted by Crippen LogP contribution is 2.30. The van der Waals surface area contributed by atoms with Crippen LogP contribution in [0.3, 0.4) is 0 Å². The Kier molecular flexibility index (Phi) is 14.4. The van der Waals surface area contributed by atoms with Gasteiger partial charge in [0.05, 0.1) is 24.5 Å². The highest BCUT2D eigenvalue weighted by molar-refractivity contribution is 5.96. The standard InChI is InChI=1S/C22H23FN6O2.C17H19FN4O.C6H8N2O.FH/c1-13-7-20(21(25)26-11-13)31-14(2)19-8-15(23)5-6-18(19)22(30)28(3)12-16-9-17(10-24)29(4)27-16;1-11(2)16-7-12(18)5-6-15(16)17(23)21(3)10-13-8-14(9-19)22(4)20-13;1-4-2-5(9)6(7)8-3-4;/h5-9,11,14H,12H2,1-4H3,(H2,25,26);5-8,11H,10H2,1-4H3;2-3,9H,1H3,(H2,7,8);1H/t14-;;;/m1.../s1/i2*4D3;;. The highest BCUT2D eigenvalue weighted by Gasteiger charge is 2.23. The molecule has 2 aromatic carbocycles. The highest BCUT2D eigenvalue weighted by atomic mass is 19.1. The van der Waals surface area contributed by atoms with Crippen LogP contribution >= 0.6 is 0 Å². The fraction of sp³-hybridized carbons (Fsp3) is 0.289. The number of nitrogens with zero attached hydrogens (tertiary/aromatic N) is 10. The van der Waals surface area contributed by atoms with Gasteiger partial charge in [0.1, 0.15) is 41.3 Å². The molecule has 2 amide bonds. The molecule has 4 heterocycles. The third-order valence-corrected chi connectivity index (χ3v) is 9.15. The van der Waals surface area contributed by atoms with E-state index in [1.807, 2.05) is 27.7 Å². The Hall–Kier alpha value is -7.93. The molecule has 0 aliphatic rings. The molecule has 336 valence electrons. The summed E-state index contributed by atoms with van der Waals surface area (Å²) in [5.41, 5.74) is 14.5. The van der Waals surface area contributed by atoms with E-state index in [9.17, 15) is 23.6 Å². The van der Waals surface area contributed by atoms with Crippen molar-refractivity contribution in [2.45, 2.75) is 59.7 Å². The SMILES string of the molecule is Cc1cnc(N)c(O)c1.F.[2H]C([2H])([2H])n1nc(CN(C)C(=O)c2ccc(F)cc2C(C)C)cc1C#N.[2H]C([2H])([2H])n1nc(CN(C)C(=O)c2ccc(F)cc2[C@@H](C)Oc2cc(C)cnc2N)cc1C#N. The summed E-state index contributed by atoms with van der Waals surface area (Å²) in [7, 11) is 3.03. The number of nitrogens with two attached hydrogens (primary N) is 2. The van der Waals surface area contributed by atoms with Gasteiger partial charge in [-0.25, -0.2) is 18.7 Å². The summed E-state index contributed by atoms with van der Waals surface area (Å²) in [6.45, 7) is 3.79. The van der Waals surface area contributed by atoms with Crippen LogP contribution < -0.4 is 16.2 Å². The van der Waals surface area contributed by atoms with Gasteiger partial charge in [-0.3, -0.25) is 23.7 Å². The predicted octanol–water partition coefficient (Wildman–Crippen LogP) is 6.79. The van der Waals surface area contributed by atoms with Gasteiger partial charge in [-0.05, 0) is 104 Å². The molecule has 0 spiro atoms. The summed E-state index contributed by atoms with van der Waals surface area (Å²) in [6.07, 6.45) is 2.45. The van der Waals surface area contributed by atoms with E-state index in [2.05, 4.69) is 20.2 Å². The van der Waals surface area contributed by atoms with Crippen LogP contribution in [0.5, 0.6) is 11.5 Å². The molecule has 0 saturated carbocycles. The van der Waals surface area contributed by atoms with Gasteiger partial charge in [-0.15, -0.1) is 0 Å². The number of carbonyl (C=O) groups is 2. The average Bonchev–Trinajstić information content (AvgIpc) is 3.90. The van der Waals surface area contributed by atoms with Crippen LogP contribution in [0.1, 0.15) is 107 Å². The monoisotopic (exact) mass is 886 g/mol. The maximum Gasteiger partial charge on any atom is 0.254 e. The van der Waals surface area contributed by atoms with Gasteiger partial charge in [0.25, 0.3) is 11.8 Å². The van der Waals surface area contributed by atoms with Crippen molar-refractivity contribution in [2.75, 3.05) is 25.6 Å². The molecule has 6 rings (SSSR count). The van der Waals surface area contributed by atoms with Crippen molar-refractivity contribution in [1.82, 2.24) is 39.3 Å². The van der Waals surface area contributed by atoms with Crippen molar-refractivity contribution in [2.24, 2.45) is 14.0 Å². The van der Waals surface area contributed by atoms with Gasteiger partial charge in [-0.1, -0.05) is 13.8 Å². The van der Waals surface area contributed by atoms with Crippen molar-refractivity contribution in [3.05, 3.63) is 141 Å². The van der Waals surface area contributed by atoms with Crippen LogP contribution in [-0.2, 0) is 27.0 Å². The smallest absolute Gasteiger partial charge is 0.254 e. The molecule has 0 aliphatic heterocycles. The molecule has 64 heavy (non-hydrogen) atoms. The second-order valence-corrected chi connectivity index (χ2v) is 14.6. The molecule has 19 heteroatoms. The summed E-state index contributed by atoms with van der Waals surface area (Å²) < 4.78 is 79.4. The second kappa shape index (κ2) is 22.2. The van der Waals surface area contributed by atoms with E-state index >= 15 is 0 Å². The molecule has 5 N–H and O–H groups in total. The number of nitrogen functional groups attached to an aromatic ring is 2. The van der Waals surface area contributed by atoms with Gasteiger partial charge in [0, 0.05) is 65.4 Å². The predicted molar refractivity (Wildman–Crippen MR) is 234 cm³/mol. The van der Waals surface area contributed by atoms with Crippen LogP contribution in [0.2, 0.25) is 0 Å². The minimum atomic E-state index is -2.63. The van der Waals surface area contributed by atoms with Gasteiger partial charge in [-0.2, -0.15) is 20.7 Å². The fourth-order valence-corrected chi connectivity index (χ4v) is 5.95. The number of amides is 2. The van der Waals surface area contributed by atoms with Crippen LogP contribution in [0.15, 0.2) is 73.1 Å². The van der Waals surface area contributed by atoms with Crippen LogP contribution in [-0.4, -0.2) is 70.3 Å². The summed E-state index contributed by atoms with van der Waals surface area (Å²) in [4.78, 5) is 36.3. The number of anilines is 2. The summed E-state index contributed by atoms with van der Waals surface area (Å²) in [5, 5.41) is 35.0. The number of hydrogen-bond donors (Lipinski definition) is 3. The van der Waals surface area contributed by atoms with E-state index in [1.165, 1.54) is 66.4 Å². The molecule has 1 atom stereocenters. The summed E-state index contributed by atoms with van der Waals surface area (Å²) in [6, 6.07) is 17.2. The second-order valence-electron chi connectivity index (χ2n) is 14.6. The topological polar surface area (TPSA) is 231 Å².